The minimum absolute atomic E-state index is 0.0450. The number of halogens is 3. The lowest BCUT2D eigenvalue weighted by Gasteiger charge is -2.13. The van der Waals surface area contributed by atoms with Crippen LogP contribution in [-0.2, 0) is 6.61 Å². The second-order valence-electron chi connectivity index (χ2n) is 5.61. The van der Waals surface area contributed by atoms with E-state index in [1.165, 1.54) is 0 Å². The molecule has 0 aliphatic rings. The lowest BCUT2D eigenvalue weighted by Crippen LogP contribution is -2.17. The predicted octanol–water partition coefficient (Wildman–Crippen LogP) is 5.58. The van der Waals surface area contributed by atoms with Gasteiger partial charge in [-0.2, -0.15) is 0 Å². The van der Waals surface area contributed by atoms with Gasteiger partial charge in [0, 0.05) is 23.5 Å². The maximum Gasteiger partial charge on any atom is 0.257 e. The summed E-state index contributed by atoms with van der Waals surface area (Å²) < 4.78 is 5.69. The van der Waals surface area contributed by atoms with Gasteiger partial charge in [0.15, 0.2) is 5.15 Å². The van der Waals surface area contributed by atoms with Gasteiger partial charge in [-0.1, -0.05) is 34.8 Å². The highest BCUT2D eigenvalue weighted by molar-refractivity contribution is 6.34. The highest BCUT2D eigenvalue weighted by Gasteiger charge is 2.16. The first-order chi connectivity index (χ1) is 13.0. The van der Waals surface area contributed by atoms with E-state index in [0.717, 1.165) is 5.56 Å². The summed E-state index contributed by atoms with van der Waals surface area (Å²) in [6.45, 7) is 1.88. The number of hydrogen-bond donors (Lipinski definition) is 1. The maximum absolute atomic E-state index is 12.7. The molecule has 0 saturated heterocycles. The van der Waals surface area contributed by atoms with Crippen molar-refractivity contribution < 1.29 is 9.53 Å². The summed E-state index contributed by atoms with van der Waals surface area (Å²) in [5.74, 6) is 0.0456. The Morgan fingerprint density at radius 2 is 1.93 bits per heavy atom. The Bertz CT molecular complexity index is 975. The van der Waals surface area contributed by atoms with Gasteiger partial charge in [-0.3, -0.25) is 9.78 Å². The van der Waals surface area contributed by atoms with E-state index in [9.17, 15) is 4.79 Å². The molecule has 0 atom stereocenters. The Hall–Kier alpha value is -2.34. The van der Waals surface area contributed by atoms with Gasteiger partial charge in [0.05, 0.1) is 22.0 Å². The summed E-state index contributed by atoms with van der Waals surface area (Å²) in [6, 6.07) is 9.98. The third-order valence-electron chi connectivity index (χ3n) is 3.74. The smallest absolute Gasteiger partial charge is 0.257 e. The van der Waals surface area contributed by atoms with Gasteiger partial charge < -0.3 is 10.1 Å². The molecule has 1 amide bonds. The highest BCUT2D eigenvalue weighted by Crippen LogP contribution is 2.29. The van der Waals surface area contributed by atoms with Crippen molar-refractivity contribution in [3.05, 3.63) is 80.8 Å². The number of nitrogens with zero attached hydrogens (tertiary/aromatic N) is 2. The molecule has 1 aromatic carbocycles. The molecule has 0 aliphatic heterocycles. The molecule has 3 rings (SSSR count). The zero-order valence-corrected chi connectivity index (χ0v) is 16.4. The number of aryl methyl sites for hydroxylation is 1. The normalized spacial score (nSPS) is 10.5. The van der Waals surface area contributed by atoms with Crippen LogP contribution in [0.1, 0.15) is 21.6 Å². The van der Waals surface area contributed by atoms with E-state index in [4.69, 9.17) is 39.5 Å². The van der Waals surface area contributed by atoms with Gasteiger partial charge in [0.25, 0.3) is 5.91 Å². The lowest BCUT2D eigenvalue weighted by atomic mass is 10.1. The SMILES string of the molecule is Cc1ccnc(Cl)c1NC(=O)c1cccnc1COc1cc(Cl)ccc1Cl. The Labute approximate surface area is 171 Å². The van der Waals surface area contributed by atoms with Crippen LogP contribution in [0.25, 0.3) is 0 Å². The Kier molecular flexibility index (Phi) is 6.16. The zero-order valence-electron chi connectivity index (χ0n) is 14.2. The summed E-state index contributed by atoms with van der Waals surface area (Å²) in [5, 5.41) is 3.91. The quantitative estimate of drug-likeness (QED) is 0.545. The van der Waals surface area contributed by atoms with Crippen LogP contribution in [0.2, 0.25) is 15.2 Å². The highest BCUT2D eigenvalue weighted by atomic mass is 35.5. The van der Waals surface area contributed by atoms with Crippen molar-refractivity contribution in [1.82, 2.24) is 9.97 Å². The number of anilines is 1. The van der Waals surface area contributed by atoms with Crippen molar-refractivity contribution in [2.24, 2.45) is 0 Å². The molecule has 5 nitrogen and oxygen atoms in total. The average Bonchev–Trinajstić information content (AvgIpc) is 2.65. The summed E-state index contributed by atoms with van der Waals surface area (Å²) in [6.07, 6.45) is 3.16. The fourth-order valence-corrected chi connectivity index (χ4v) is 2.94. The van der Waals surface area contributed by atoms with Crippen LogP contribution in [0.15, 0.2) is 48.8 Å². The van der Waals surface area contributed by atoms with Crippen molar-refractivity contribution in [2.75, 3.05) is 5.32 Å². The number of hydrogen-bond acceptors (Lipinski definition) is 4. The predicted molar refractivity (Wildman–Crippen MR) is 107 cm³/mol. The van der Waals surface area contributed by atoms with Crippen LogP contribution in [0.3, 0.4) is 0 Å². The number of carbonyl (C=O) groups is 1. The fraction of sp³-hybridized carbons (Fsp3) is 0.105. The molecule has 27 heavy (non-hydrogen) atoms. The lowest BCUT2D eigenvalue weighted by molar-refractivity contribution is 0.102. The van der Waals surface area contributed by atoms with Crippen LogP contribution < -0.4 is 10.1 Å². The molecular weight excluding hydrogens is 409 g/mol. The largest absolute Gasteiger partial charge is 0.486 e. The monoisotopic (exact) mass is 421 g/mol. The van der Waals surface area contributed by atoms with E-state index in [1.54, 1.807) is 48.8 Å². The topological polar surface area (TPSA) is 64.1 Å². The number of pyridine rings is 2. The Morgan fingerprint density at radius 3 is 2.70 bits per heavy atom. The third kappa shape index (κ3) is 4.69. The third-order valence-corrected chi connectivity index (χ3v) is 4.58. The first-order valence-electron chi connectivity index (χ1n) is 7.90. The molecule has 0 unspecified atom stereocenters. The Balaban J connectivity index is 1.81. The van der Waals surface area contributed by atoms with Gasteiger partial charge in [0.2, 0.25) is 0 Å². The van der Waals surface area contributed by atoms with Crippen molar-refractivity contribution in [3.63, 3.8) is 0 Å². The van der Waals surface area contributed by atoms with Gasteiger partial charge in [-0.25, -0.2) is 4.98 Å². The number of rotatable bonds is 5. The molecule has 2 heterocycles. The van der Waals surface area contributed by atoms with E-state index in [-0.39, 0.29) is 17.7 Å². The standard InChI is InChI=1S/C19H14Cl3N3O2/c1-11-6-8-24-18(22)17(11)25-19(26)13-3-2-7-23-15(13)10-27-16-9-12(20)4-5-14(16)21/h2-9H,10H2,1H3,(H,25,26). The Morgan fingerprint density at radius 1 is 1.11 bits per heavy atom. The number of carbonyl (C=O) groups excluding carboxylic acids is 1. The number of benzene rings is 1. The van der Waals surface area contributed by atoms with E-state index in [0.29, 0.717) is 32.7 Å². The summed E-state index contributed by atoms with van der Waals surface area (Å²) in [4.78, 5) is 21.0. The molecule has 2 aromatic heterocycles. The van der Waals surface area contributed by atoms with Crippen LogP contribution in [0, 0.1) is 6.92 Å². The molecule has 8 heteroatoms. The number of amides is 1. The minimum Gasteiger partial charge on any atom is -0.486 e. The molecule has 0 fully saturated rings. The van der Waals surface area contributed by atoms with Crippen molar-refractivity contribution in [2.45, 2.75) is 13.5 Å². The molecular formula is C19H14Cl3N3O2. The number of aromatic nitrogens is 2. The molecule has 0 spiro atoms. The number of ether oxygens (including phenoxy) is 1. The summed E-state index contributed by atoms with van der Waals surface area (Å²) in [7, 11) is 0. The molecule has 0 bridgehead atoms. The van der Waals surface area contributed by atoms with E-state index in [2.05, 4.69) is 15.3 Å². The minimum atomic E-state index is -0.364. The van der Waals surface area contributed by atoms with Gasteiger partial charge in [-0.05, 0) is 42.8 Å². The second-order valence-corrected chi connectivity index (χ2v) is 6.81. The number of nitrogens with one attached hydrogen (secondary N) is 1. The van der Waals surface area contributed by atoms with Gasteiger partial charge >= 0.3 is 0 Å². The van der Waals surface area contributed by atoms with Crippen LogP contribution in [0.4, 0.5) is 5.69 Å². The van der Waals surface area contributed by atoms with Crippen LogP contribution >= 0.6 is 34.8 Å². The average molecular weight is 423 g/mol. The molecule has 138 valence electrons. The maximum atomic E-state index is 12.7. The van der Waals surface area contributed by atoms with E-state index < -0.39 is 0 Å². The van der Waals surface area contributed by atoms with Crippen molar-refractivity contribution >= 4 is 46.4 Å². The van der Waals surface area contributed by atoms with Gasteiger partial charge in [-0.15, -0.1) is 0 Å². The fourth-order valence-electron chi connectivity index (χ4n) is 2.35. The second kappa shape index (κ2) is 8.57. The van der Waals surface area contributed by atoms with Crippen LogP contribution in [-0.4, -0.2) is 15.9 Å². The first kappa shape index (κ1) is 19.4. The zero-order chi connectivity index (χ0) is 19.4. The van der Waals surface area contributed by atoms with Crippen molar-refractivity contribution in [3.8, 4) is 5.75 Å². The molecule has 0 radical (unpaired) electrons. The molecule has 0 aliphatic carbocycles. The van der Waals surface area contributed by atoms with E-state index >= 15 is 0 Å². The summed E-state index contributed by atoms with van der Waals surface area (Å²) >= 11 is 18.1. The van der Waals surface area contributed by atoms with Crippen LogP contribution in [0.5, 0.6) is 5.75 Å². The van der Waals surface area contributed by atoms with E-state index in [1.807, 2.05) is 6.92 Å². The molecule has 3 aromatic rings. The van der Waals surface area contributed by atoms with Gasteiger partial charge in [0.1, 0.15) is 12.4 Å². The summed E-state index contributed by atoms with van der Waals surface area (Å²) in [5.41, 5.74) is 2.06. The molecule has 0 saturated carbocycles. The first-order valence-corrected chi connectivity index (χ1v) is 9.03. The molecule has 1 N–H and O–H groups in total. The van der Waals surface area contributed by atoms with Crippen molar-refractivity contribution in [1.29, 1.82) is 0 Å².